The van der Waals surface area contributed by atoms with Crippen LogP contribution in [0.5, 0.6) is 0 Å². The van der Waals surface area contributed by atoms with Gasteiger partial charge in [0.15, 0.2) is 17.5 Å². The lowest BCUT2D eigenvalue weighted by Crippen LogP contribution is -2.64. The van der Waals surface area contributed by atoms with E-state index < -0.39 is 0 Å². The molecule has 0 aliphatic heterocycles. The molecule has 0 amide bonds. The van der Waals surface area contributed by atoms with Crippen molar-refractivity contribution in [3.63, 3.8) is 0 Å². The molecule has 0 saturated heterocycles. The Kier molecular flexibility index (Phi) is 9.18. The van der Waals surface area contributed by atoms with Gasteiger partial charge in [0.1, 0.15) is 0 Å². The van der Waals surface area contributed by atoms with Gasteiger partial charge in [0.25, 0.3) is 0 Å². The third-order valence-corrected chi connectivity index (χ3v) is 19.4. The van der Waals surface area contributed by atoms with Crippen molar-refractivity contribution < 1.29 is 0 Å². The standard InChI is InChI=1S/C71H55N3/c1-3-17-46(18-4-1)65-72-66(47-19-5-2-6-20-47)74-67(73-65)48-33-31-45(32-34-48)49-35-36-61-58-26-12-9-23-55(58)52-42-70-40-50(53-21-7-10-24-56(53)60-28-14-16-30-63(60)70)37-38-69-41-51(43-71(44-52,68(69)70)64(61)39-49)54-22-8-11-25-57(54)59-27-13-15-29-62(59)69/h1-36,39,50-52,68H,37-38,40-44H2. The van der Waals surface area contributed by atoms with E-state index in [1.807, 2.05) is 36.4 Å². The fourth-order valence-corrected chi connectivity index (χ4v) is 17.0. The first-order valence-corrected chi connectivity index (χ1v) is 27.2. The van der Waals surface area contributed by atoms with E-state index in [9.17, 15) is 0 Å². The number of hydrogen-bond acceptors (Lipinski definition) is 3. The first kappa shape index (κ1) is 42.5. The molecule has 3 saturated carbocycles. The molecule has 7 unspecified atom stereocenters. The van der Waals surface area contributed by atoms with Gasteiger partial charge in [-0.05, 0) is 153 Å². The Morgan fingerprint density at radius 1 is 0.284 bits per heavy atom. The fraction of sp³-hybridized carbons (Fsp3) is 0.197. The lowest BCUT2D eigenvalue weighted by Gasteiger charge is -2.67. The molecule has 1 aromatic heterocycles. The van der Waals surface area contributed by atoms with Gasteiger partial charge in [-0.2, -0.15) is 0 Å². The molecule has 3 nitrogen and oxygen atoms in total. The molecule has 0 N–H and O–H groups in total. The van der Waals surface area contributed by atoms with E-state index in [0.717, 1.165) is 36.0 Å². The zero-order chi connectivity index (χ0) is 48.6. The van der Waals surface area contributed by atoms with Crippen molar-refractivity contribution in [1.82, 2.24) is 15.0 Å². The van der Waals surface area contributed by atoms with Crippen LogP contribution in [0, 0.1) is 5.92 Å². The zero-order valence-corrected chi connectivity index (χ0v) is 41.5. The predicted molar refractivity (Wildman–Crippen MR) is 300 cm³/mol. The molecule has 354 valence electrons. The first-order chi connectivity index (χ1) is 36.6. The maximum atomic E-state index is 5.11. The van der Waals surface area contributed by atoms with Crippen LogP contribution < -0.4 is 0 Å². The van der Waals surface area contributed by atoms with E-state index in [-0.39, 0.29) is 16.2 Å². The molecule has 16 rings (SSSR count). The molecule has 6 aliphatic rings. The van der Waals surface area contributed by atoms with Gasteiger partial charge >= 0.3 is 0 Å². The number of rotatable bonds is 4. The topological polar surface area (TPSA) is 38.7 Å². The normalized spacial score (nSPS) is 25.1. The quantitative estimate of drug-likeness (QED) is 0.176. The largest absolute Gasteiger partial charge is 0.208 e. The summed E-state index contributed by atoms with van der Waals surface area (Å²) in [7, 11) is 0. The lowest BCUT2D eigenvalue weighted by atomic mass is 9.36. The lowest BCUT2D eigenvalue weighted by molar-refractivity contribution is -0.0410. The molecule has 0 radical (unpaired) electrons. The minimum Gasteiger partial charge on any atom is -0.208 e. The highest BCUT2D eigenvalue weighted by atomic mass is 15.0. The number of benzene rings is 9. The van der Waals surface area contributed by atoms with Crippen LogP contribution in [0.1, 0.15) is 96.1 Å². The Balaban J connectivity index is 0.937. The summed E-state index contributed by atoms with van der Waals surface area (Å²) in [6.45, 7) is 0. The van der Waals surface area contributed by atoms with Gasteiger partial charge in [-0.15, -0.1) is 0 Å². The van der Waals surface area contributed by atoms with Crippen molar-refractivity contribution in [2.75, 3.05) is 0 Å². The molecule has 6 aliphatic carbocycles. The van der Waals surface area contributed by atoms with Crippen molar-refractivity contribution in [1.29, 1.82) is 0 Å². The molecule has 3 fully saturated rings. The van der Waals surface area contributed by atoms with Gasteiger partial charge in [0.05, 0.1) is 0 Å². The van der Waals surface area contributed by atoms with Gasteiger partial charge in [0, 0.05) is 32.9 Å². The molecular formula is C71H55N3. The summed E-state index contributed by atoms with van der Waals surface area (Å²) < 4.78 is 0. The van der Waals surface area contributed by atoms with Crippen molar-refractivity contribution in [3.05, 3.63) is 258 Å². The third kappa shape index (κ3) is 6.04. The number of fused-ring (bicyclic) bond motifs is 15. The molecule has 10 aromatic rings. The molecule has 6 bridgehead atoms. The van der Waals surface area contributed by atoms with Gasteiger partial charge in [0.2, 0.25) is 0 Å². The van der Waals surface area contributed by atoms with Gasteiger partial charge in [-0.3, -0.25) is 0 Å². The Morgan fingerprint density at radius 3 is 1.19 bits per heavy atom. The Bertz CT molecular complexity index is 3820. The third-order valence-electron chi connectivity index (χ3n) is 19.4. The Hall–Kier alpha value is -8.01. The SMILES string of the molecule is c1ccc(-c2nc(-c3ccccc3)nc(-c3ccc(-c4ccc5c(c4)C46CC7CC8(CCC9CC(CC(C4)c4ccccc4-5)(c4ccccc4-c4ccccc49)C86)c4ccccc4-c4ccccc47)cc3)n2)cc1. The summed E-state index contributed by atoms with van der Waals surface area (Å²) in [6, 6.07) is 85.6. The molecule has 9 aromatic carbocycles. The maximum Gasteiger partial charge on any atom is 0.164 e. The summed E-state index contributed by atoms with van der Waals surface area (Å²) >= 11 is 0. The van der Waals surface area contributed by atoms with Gasteiger partial charge < -0.3 is 0 Å². The molecule has 1 heterocycles. The van der Waals surface area contributed by atoms with Gasteiger partial charge in [-0.25, -0.2) is 15.0 Å². The highest BCUT2D eigenvalue weighted by molar-refractivity contribution is 5.83. The maximum absolute atomic E-state index is 5.11. The van der Waals surface area contributed by atoms with Crippen molar-refractivity contribution in [2.45, 2.75) is 78.9 Å². The Morgan fingerprint density at radius 2 is 0.649 bits per heavy atom. The van der Waals surface area contributed by atoms with E-state index in [0.29, 0.717) is 41.1 Å². The van der Waals surface area contributed by atoms with Crippen LogP contribution in [-0.2, 0) is 16.2 Å². The van der Waals surface area contributed by atoms with E-state index in [2.05, 4.69) is 188 Å². The molecule has 74 heavy (non-hydrogen) atoms. The summed E-state index contributed by atoms with van der Waals surface area (Å²) in [6.07, 6.45) is 8.20. The zero-order valence-electron chi connectivity index (χ0n) is 41.5. The number of hydrogen-bond donors (Lipinski definition) is 0. The second kappa shape index (κ2) is 16.0. The van der Waals surface area contributed by atoms with E-state index in [1.165, 1.54) is 70.2 Å². The van der Waals surface area contributed by atoms with Crippen LogP contribution in [0.4, 0.5) is 0 Å². The molecular weight excluding hydrogens is 895 g/mol. The second-order valence-corrected chi connectivity index (χ2v) is 22.8. The predicted octanol–water partition coefficient (Wildman–Crippen LogP) is 17.3. The molecule has 3 spiro atoms. The van der Waals surface area contributed by atoms with Crippen LogP contribution in [0.15, 0.2) is 224 Å². The first-order valence-electron chi connectivity index (χ1n) is 27.2. The van der Waals surface area contributed by atoms with Crippen molar-refractivity contribution in [3.8, 4) is 78.7 Å². The van der Waals surface area contributed by atoms with Crippen molar-refractivity contribution >= 4 is 0 Å². The van der Waals surface area contributed by atoms with Crippen molar-refractivity contribution in [2.24, 2.45) is 5.92 Å². The van der Waals surface area contributed by atoms with Crippen LogP contribution in [0.25, 0.3) is 78.7 Å². The average Bonchev–Trinajstić information content (AvgIpc) is 3.80. The van der Waals surface area contributed by atoms with E-state index >= 15 is 0 Å². The number of nitrogens with zero attached hydrogens (tertiary/aromatic N) is 3. The minimum atomic E-state index is -0.147. The Labute approximate surface area is 434 Å². The van der Waals surface area contributed by atoms with E-state index in [1.54, 1.807) is 33.4 Å². The van der Waals surface area contributed by atoms with Crippen LogP contribution in [0.3, 0.4) is 0 Å². The van der Waals surface area contributed by atoms with E-state index in [4.69, 9.17) is 15.0 Å². The summed E-state index contributed by atoms with van der Waals surface area (Å²) in [5.74, 6) is 3.65. The smallest absolute Gasteiger partial charge is 0.164 e. The molecule has 7 atom stereocenters. The van der Waals surface area contributed by atoms with Crippen LogP contribution in [0.2, 0.25) is 0 Å². The average molecular weight is 950 g/mol. The fourth-order valence-electron chi connectivity index (χ4n) is 17.0. The summed E-state index contributed by atoms with van der Waals surface area (Å²) in [4.78, 5) is 15.2. The number of aromatic nitrogens is 3. The summed E-state index contributed by atoms with van der Waals surface area (Å²) in [5.41, 5.74) is 23.3. The molecule has 3 heteroatoms. The second-order valence-electron chi connectivity index (χ2n) is 22.8. The highest BCUT2D eigenvalue weighted by Gasteiger charge is 2.71. The van der Waals surface area contributed by atoms with Gasteiger partial charge in [-0.1, -0.05) is 218 Å². The van der Waals surface area contributed by atoms with Crippen LogP contribution >= 0.6 is 0 Å². The highest BCUT2D eigenvalue weighted by Crippen LogP contribution is 2.77. The minimum absolute atomic E-state index is 0.0646. The monoisotopic (exact) mass is 949 g/mol. The summed E-state index contributed by atoms with van der Waals surface area (Å²) in [5, 5.41) is 0. The van der Waals surface area contributed by atoms with Crippen LogP contribution in [-0.4, -0.2) is 15.0 Å².